The lowest BCUT2D eigenvalue weighted by Crippen LogP contribution is -2.43. The highest BCUT2D eigenvalue weighted by Gasteiger charge is 2.42. The molecule has 0 saturated carbocycles. The van der Waals surface area contributed by atoms with E-state index in [0.29, 0.717) is 30.7 Å². The van der Waals surface area contributed by atoms with Crippen LogP contribution in [0.15, 0.2) is 84.0 Å². The van der Waals surface area contributed by atoms with Gasteiger partial charge in [-0.2, -0.15) is 13.2 Å². The van der Waals surface area contributed by atoms with Gasteiger partial charge in [0, 0.05) is 30.4 Å². The number of carbonyl (C=O) groups is 2. The third kappa shape index (κ3) is 8.32. The summed E-state index contributed by atoms with van der Waals surface area (Å²) in [5.74, 6) is -2.02. The van der Waals surface area contributed by atoms with Crippen LogP contribution < -0.4 is 14.8 Å². The second kappa shape index (κ2) is 12.8. The second-order valence-corrected chi connectivity index (χ2v) is 11.9. The molecular formula is C29H29F3N4O6S. The van der Waals surface area contributed by atoms with Gasteiger partial charge in [0.1, 0.15) is 11.9 Å². The van der Waals surface area contributed by atoms with E-state index in [1.165, 1.54) is 36.4 Å². The molecule has 0 aliphatic rings. The van der Waals surface area contributed by atoms with Crippen LogP contribution in [-0.2, 0) is 30.9 Å². The summed E-state index contributed by atoms with van der Waals surface area (Å²) in [4.78, 5) is 26.9. The van der Waals surface area contributed by atoms with Crippen LogP contribution in [0, 0.1) is 0 Å². The third-order valence-electron chi connectivity index (χ3n) is 6.57. The standard InChI is InChI=1S/C29H29F3N4O6S/c1-28(2,13-14-36-18-33-24-12-11-22(41-19-37)16-25(24)36)34-17-26(42-27(38)29(30,31)32)20-7-6-8-21(15-20)35-43(39,40)23-9-4-3-5-10-23/h3-12,15-16,18-19,26,34-35H,13-14,17H2,1-2H3/t26-/m0/s1. The van der Waals surface area contributed by atoms with Crippen LogP contribution in [0.5, 0.6) is 5.75 Å². The van der Waals surface area contributed by atoms with Gasteiger partial charge in [0.15, 0.2) is 0 Å². The number of carbonyl (C=O) groups excluding carboxylic acids is 2. The van der Waals surface area contributed by atoms with Gasteiger partial charge in [-0.15, -0.1) is 0 Å². The zero-order valence-corrected chi connectivity index (χ0v) is 24.0. The molecule has 0 fully saturated rings. The number of anilines is 1. The van der Waals surface area contributed by atoms with Crippen LogP contribution >= 0.6 is 0 Å². The van der Waals surface area contributed by atoms with Gasteiger partial charge in [-0.1, -0.05) is 30.3 Å². The van der Waals surface area contributed by atoms with Crippen molar-refractivity contribution < 1.29 is 40.7 Å². The molecule has 43 heavy (non-hydrogen) atoms. The molecule has 2 N–H and O–H groups in total. The van der Waals surface area contributed by atoms with Crippen molar-refractivity contribution in [2.75, 3.05) is 11.3 Å². The van der Waals surface area contributed by atoms with Crippen LogP contribution in [-0.4, -0.2) is 48.7 Å². The monoisotopic (exact) mass is 618 g/mol. The average Bonchev–Trinajstić information content (AvgIpc) is 3.36. The minimum absolute atomic E-state index is 0.00188. The first kappa shape index (κ1) is 31.5. The van der Waals surface area contributed by atoms with Crippen molar-refractivity contribution in [3.63, 3.8) is 0 Å². The van der Waals surface area contributed by atoms with E-state index < -0.39 is 33.8 Å². The van der Waals surface area contributed by atoms with Gasteiger partial charge in [-0.05, 0) is 62.2 Å². The van der Waals surface area contributed by atoms with Crippen molar-refractivity contribution in [2.45, 2.75) is 49.5 Å². The highest BCUT2D eigenvalue weighted by atomic mass is 32.2. The molecule has 0 amide bonds. The Morgan fingerprint density at radius 1 is 1.05 bits per heavy atom. The Hall–Kier alpha value is -4.43. The molecule has 3 aromatic carbocycles. The molecule has 1 atom stereocenters. The lowest BCUT2D eigenvalue weighted by Gasteiger charge is -2.30. The number of hydrogen-bond donors (Lipinski definition) is 2. The Kier molecular flexibility index (Phi) is 9.40. The lowest BCUT2D eigenvalue weighted by atomic mass is 9.99. The molecule has 0 radical (unpaired) electrons. The predicted molar refractivity (Wildman–Crippen MR) is 152 cm³/mol. The Morgan fingerprint density at radius 2 is 1.79 bits per heavy atom. The van der Waals surface area contributed by atoms with Gasteiger partial charge in [-0.3, -0.25) is 9.52 Å². The predicted octanol–water partition coefficient (Wildman–Crippen LogP) is 4.98. The van der Waals surface area contributed by atoms with Crippen molar-refractivity contribution in [3.8, 4) is 5.75 Å². The fourth-order valence-corrected chi connectivity index (χ4v) is 5.31. The van der Waals surface area contributed by atoms with Crippen LogP contribution in [0.25, 0.3) is 11.0 Å². The topological polar surface area (TPSA) is 129 Å². The highest BCUT2D eigenvalue weighted by Crippen LogP contribution is 2.28. The summed E-state index contributed by atoms with van der Waals surface area (Å²) in [5, 5.41) is 3.16. The summed E-state index contributed by atoms with van der Waals surface area (Å²) >= 11 is 0. The number of aryl methyl sites for hydroxylation is 1. The van der Waals surface area contributed by atoms with E-state index in [2.05, 4.69) is 15.0 Å². The maximum atomic E-state index is 13.1. The molecular weight excluding hydrogens is 589 g/mol. The summed E-state index contributed by atoms with van der Waals surface area (Å²) < 4.78 is 79.0. The zero-order valence-electron chi connectivity index (χ0n) is 23.2. The summed E-state index contributed by atoms with van der Waals surface area (Å²) in [5.41, 5.74) is 0.979. The van der Waals surface area contributed by atoms with Crippen molar-refractivity contribution >= 4 is 39.2 Å². The van der Waals surface area contributed by atoms with Crippen LogP contribution in [0.3, 0.4) is 0 Å². The average molecular weight is 619 g/mol. The number of alkyl halides is 3. The largest absolute Gasteiger partial charge is 0.490 e. The molecule has 4 aromatic rings. The maximum absolute atomic E-state index is 13.1. The van der Waals surface area contributed by atoms with Gasteiger partial charge < -0.3 is 19.4 Å². The number of nitrogens with one attached hydrogen (secondary N) is 2. The highest BCUT2D eigenvalue weighted by molar-refractivity contribution is 7.92. The summed E-state index contributed by atoms with van der Waals surface area (Å²) in [6.07, 6.45) is -4.52. The number of esters is 1. The molecule has 0 spiro atoms. The molecule has 0 aliphatic carbocycles. The van der Waals surface area contributed by atoms with E-state index >= 15 is 0 Å². The van der Waals surface area contributed by atoms with E-state index in [0.717, 1.165) is 5.52 Å². The SMILES string of the molecule is CC(C)(CCn1cnc2ccc(OC=O)cc21)NC[C@H](OC(=O)C(F)(F)F)c1cccc(NS(=O)(=O)c2ccccc2)c1. The van der Waals surface area contributed by atoms with Crippen LogP contribution in [0.4, 0.5) is 18.9 Å². The molecule has 0 aliphatic heterocycles. The number of rotatable bonds is 13. The Balaban J connectivity index is 1.50. The summed E-state index contributed by atoms with van der Waals surface area (Å²) in [6.45, 7) is 4.24. The minimum atomic E-state index is -5.23. The molecule has 10 nitrogen and oxygen atoms in total. The first-order valence-electron chi connectivity index (χ1n) is 13.0. The van der Waals surface area contributed by atoms with E-state index in [9.17, 15) is 31.2 Å². The molecule has 4 rings (SSSR count). The number of aromatic nitrogens is 2. The van der Waals surface area contributed by atoms with Gasteiger partial charge in [0.2, 0.25) is 0 Å². The third-order valence-corrected chi connectivity index (χ3v) is 7.96. The zero-order chi connectivity index (χ0) is 31.3. The second-order valence-electron chi connectivity index (χ2n) is 10.3. The minimum Gasteiger partial charge on any atom is -0.449 e. The van der Waals surface area contributed by atoms with Crippen LogP contribution in [0.1, 0.15) is 31.9 Å². The number of benzene rings is 3. The molecule has 0 unspecified atom stereocenters. The van der Waals surface area contributed by atoms with Gasteiger partial charge in [0.25, 0.3) is 16.5 Å². The van der Waals surface area contributed by atoms with E-state index in [-0.39, 0.29) is 22.7 Å². The maximum Gasteiger partial charge on any atom is 0.490 e. The first-order valence-corrected chi connectivity index (χ1v) is 14.5. The molecule has 0 bridgehead atoms. The van der Waals surface area contributed by atoms with E-state index in [1.807, 2.05) is 18.4 Å². The van der Waals surface area contributed by atoms with Crippen molar-refractivity contribution in [1.29, 1.82) is 0 Å². The van der Waals surface area contributed by atoms with Crippen LogP contribution in [0.2, 0.25) is 0 Å². The molecule has 1 heterocycles. The van der Waals surface area contributed by atoms with Crippen molar-refractivity contribution in [2.24, 2.45) is 0 Å². The molecule has 228 valence electrons. The molecule has 14 heteroatoms. The fourth-order valence-electron chi connectivity index (χ4n) is 4.24. The number of nitrogens with zero attached hydrogens (tertiary/aromatic N) is 2. The van der Waals surface area contributed by atoms with Crippen molar-refractivity contribution in [1.82, 2.24) is 14.9 Å². The van der Waals surface area contributed by atoms with Crippen molar-refractivity contribution in [3.05, 3.63) is 84.7 Å². The number of imidazole rings is 1. The Morgan fingerprint density at radius 3 is 2.49 bits per heavy atom. The smallest absolute Gasteiger partial charge is 0.449 e. The summed E-state index contributed by atoms with van der Waals surface area (Å²) in [6, 6.07) is 18.2. The summed E-state index contributed by atoms with van der Waals surface area (Å²) in [7, 11) is -3.97. The molecule has 1 aromatic heterocycles. The van der Waals surface area contributed by atoms with Gasteiger partial charge >= 0.3 is 12.1 Å². The number of fused-ring (bicyclic) bond motifs is 1. The van der Waals surface area contributed by atoms with E-state index in [4.69, 9.17) is 9.47 Å². The first-order chi connectivity index (χ1) is 20.3. The lowest BCUT2D eigenvalue weighted by molar-refractivity contribution is -0.205. The van der Waals surface area contributed by atoms with Gasteiger partial charge in [-0.25, -0.2) is 18.2 Å². The number of halogens is 3. The Labute approximate surface area is 245 Å². The van der Waals surface area contributed by atoms with E-state index in [1.54, 1.807) is 42.7 Å². The number of sulfonamides is 1. The number of ether oxygens (including phenoxy) is 2. The Bertz CT molecular complexity index is 1690. The quantitative estimate of drug-likeness (QED) is 0.159. The normalized spacial score (nSPS) is 13.0. The van der Waals surface area contributed by atoms with Gasteiger partial charge in [0.05, 0.1) is 22.3 Å². The fraction of sp³-hybridized carbons (Fsp3) is 0.276. The molecule has 0 saturated heterocycles. The number of hydrogen-bond acceptors (Lipinski definition) is 8.